The summed E-state index contributed by atoms with van der Waals surface area (Å²) in [5.41, 5.74) is 0.180. The lowest BCUT2D eigenvalue weighted by atomic mass is 10.1. The molecule has 0 aliphatic heterocycles. The molecule has 0 aliphatic carbocycles. The summed E-state index contributed by atoms with van der Waals surface area (Å²) >= 11 is 11.7. The van der Waals surface area contributed by atoms with Crippen LogP contribution in [-0.4, -0.2) is 40.4 Å². The van der Waals surface area contributed by atoms with E-state index in [9.17, 15) is 18.0 Å². The minimum atomic E-state index is -3.78. The number of nitrogens with one attached hydrogen (secondary N) is 1. The lowest BCUT2D eigenvalue weighted by Crippen LogP contribution is -2.27. The van der Waals surface area contributed by atoms with E-state index in [0.29, 0.717) is 10.8 Å². The average Bonchev–Trinajstić information content (AvgIpc) is 2.66. The maximum atomic E-state index is 12.1. The van der Waals surface area contributed by atoms with Crippen LogP contribution in [0.15, 0.2) is 47.4 Å². The number of carbonyl (C=O) groups excluding carboxylic acids is 2. The van der Waals surface area contributed by atoms with Gasteiger partial charge >= 0.3 is 5.97 Å². The predicted molar refractivity (Wildman–Crippen MR) is 105 cm³/mol. The van der Waals surface area contributed by atoms with Crippen molar-refractivity contribution in [2.24, 2.45) is 0 Å². The molecule has 0 atom stereocenters. The summed E-state index contributed by atoms with van der Waals surface area (Å²) in [6.07, 6.45) is -0.239. The van der Waals surface area contributed by atoms with Gasteiger partial charge in [-0.1, -0.05) is 23.2 Å². The number of ether oxygens (including phenoxy) is 2. The van der Waals surface area contributed by atoms with E-state index in [-0.39, 0.29) is 28.4 Å². The summed E-state index contributed by atoms with van der Waals surface area (Å²) in [6.45, 7) is -0.686. The molecule has 150 valence electrons. The Labute approximate surface area is 172 Å². The molecule has 0 aliphatic rings. The highest BCUT2D eigenvalue weighted by Crippen LogP contribution is 2.21. The summed E-state index contributed by atoms with van der Waals surface area (Å²) in [7, 11) is -2.30. The van der Waals surface area contributed by atoms with Crippen molar-refractivity contribution in [2.75, 3.05) is 20.3 Å². The molecular weight excluding hydrogens is 429 g/mol. The Morgan fingerprint density at radius 2 is 1.75 bits per heavy atom. The number of halogens is 2. The molecule has 0 radical (unpaired) electrons. The molecule has 2 rings (SSSR count). The van der Waals surface area contributed by atoms with Gasteiger partial charge in [0, 0.05) is 17.1 Å². The molecule has 28 heavy (non-hydrogen) atoms. The molecule has 0 spiro atoms. The van der Waals surface area contributed by atoms with Crippen molar-refractivity contribution in [3.05, 3.63) is 58.1 Å². The second kappa shape index (κ2) is 9.88. The van der Waals surface area contributed by atoms with Crippen LogP contribution in [0, 0.1) is 0 Å². The van der Waals surface area contributed by atoms with Gasteiger partial charge in [0.25, 0.3) is 0 Å². The summed E-state index contributed by atoms with van der Waals surface area (Å²) in [6, 6.07) is 10.1. The largest absolute Gasteiger partial charge is 0.497 e. The molecule has 0 saturated heterocycles. The fourth-order valence-corrected chi connectivity index (χ4v) is 3.68. The first-order valence-electron chi connectivity index (χ1n) is 8.00. The van der Waals surface area contributed by atoms with E-state index in [1.54, 1.807) is 0 Å². The number of rotatable bonds is 9. The molecule has 0 aromatic heterocycles. The Morgan fingerprint density at radius 1 is 1.07 bits per heavy atom. The van der Waals surface area contributed by atoms with E-state index < -0.39 is 28.4 Å². The van der Waals surface area contributed by atoms with Crippen molar-refractivity contribution >= 4 is 45.0 Å². The van der Waals surface area contributed by atoms with Crippen molar-refractivity contribution in [3.63, 3.8) is 0 Å². The van der Waals surface area contributed by atoms with Crippen LogP contribution in [0.1, 0.15) is 16.8 Å². The predicted octanol–water partition coefficient (Wildman–Crippen LogP) is 3.10. The fourth-order valence-electron chi connectivity index (χ4n) is 2.14. The van der Waals surface area contributed by atoms with Gasteiger partial charge in [-0.2, -0.15) is 0 Å². The molecular formula is C18H17Cl2NO6S. The highest BCUT2D eigenvalue weighted by molar-refractivity contribution is 7.89. The second-order valence-electron chi connectivity index (χ2n) is 5.53. The van der Waals surface area contributed by atoms with Crippen LogP contribution in [0.5, 0.6) is 5.75 Å². The summed E-state index contributed by atoms with van der Waals surface area (Å²) < 4.78 is 36.4. The number of hydrogen-bond acceptors (Lipinski definition) is 6. The van der Waals surface area contributed by atoms with Crippen LogP contribution in [0.2, 0.25) is 10.0 Å². The van der Waals surface area contributed by atoms with Gasteiger partial charge in [-0.15, -0.1) is 0 Å². The molecule has 10 heteroatoms. The van der Waals surface area contributed by atoms with Crippen LogP contribution in [0.3, 0.4) is 0 Å². The molecule has 0 fully saturated rings. The Hall–Kier alpha value is -2.13. The molecule has 0 unspecified atom stereocenters. The van der Waals surface area contributed by atoms with Crippen LogP contribution in [0.4, 0.5) is 0 Å². The number of esters is 1. The maximum absolute atomic E-state index is 12.1. The Balaban J connectivity index is 1.81. The number of sulfonamides is 1. The zero-order chi connectivity index (χ0) is 20.7. The number of hydrogen-bond donors (Lipinski definition) is 1. The number of carbonyl (C=O) groups is 2. The van der Waals surface area contributed by atoms with Crippen molar-refractivity contribution in [1.29, 1.82) is 0 Å². The monoisotopic (exact) mass is 445 g/mol. The highest BCUT2D eigenvalue weighted by atomic mass is 35.5. The van der Waals surface area contributed by atoms with Gasteiger partial charge < -0.3 is 9.47 Å². The number of Topliss-reactive ketones (excluding diaryl/α,β-unsaturated/α-hetero) is 1. The van der Waals surface area contributed by atoms with Crippen LogP contribution in [-0.2, 0) is 19.6 Å². The third-order valence-electron chi connectivity index (χ3n) is 3.59. The molecule has 0 heterocycles. The normalized spacial score (nSPS) is 11.1. The zero-order valence-electron chi connectivity index (χ0n) is 14.8. The molecule has 0 bridgehead atoms. The Morgan fingerprint density at radius 3 is 2.36 bits per heavy atom. The Bertz CT molecular complexity index is 961. The van der Waals surface area contributed by atoms with Crippen molar-refractivity contribution in [1.82, 2.24) is 4.72 Å². The summed E-state index contributed by atoms with van der Waals surface area (Å²) in [5.74, 6) is -0.697. The molecule has 0 amide bonds. The van der Waals surface area contributed by atoms with E-state index in [0.717, 1.165) is 0 Å². The van der Waals surface area contributed by atoms with Gasteiger partial charge in [0.1, 0.15) is 5.75 Å². The molecule has 2 aromatic carbocycles. The minimum absolute atomic E-state index is 0.0363. The number of ketones is 1. The number of benzene rings is 2. The van der Waals surface area contributed by atoms with Gasteiger partial charge in [0.15, 0.2) is 6.61 Å². The van der Waals surface area contributed by atoms with Crippen molar-refractivity contribution in [2.45, 2.75) is 11.3 Å². The first-order chi connectivity index (χ1) is 13.2. The second-order valence-corrected chi connectivity index (χ2v) is 8.14. The standard InChI is InChI=1S/C18H17Cl2NO6S/c1-26-13-3-5-14(6-4-13)28(24,25)21-9-8-18(23)27-11-17(22)15-7-2-12(19)10-16(15)20/h2-7,10,21H,8-9,11H2,1H3. The number of methoxy groups -OCH3 is 1. The van der Waals surface area contributed by atoms with Gasteiger partial charge in [0.2, 0.25) is 15.8 Å². The zero-order valence-corrected chi connectivity index (χ0v) is 17.1. The van der Waals surface area contributed by atoms with E-state index in [4.69, 9.17) is 32.7 Å². The molecule has 0 saturated carbocycles. The average molecular weight is 446 g/mol. The van der Waals surface area contributed by atoms with E-state index >= 15 is 0 Å². The van der Waals surface area contributed by atoms with Crippen molar-refractivity contribution < 1.29 is 27.5 Å². The SMILES string of the molecule is COc1ccc(S(=O)(=O)NCCC(=O)OCC(=O)c2ccc(Cl)cc2Cl)cc1. The van der Waals surface area contributed by atoms with E-state index in [1.165, 1.54) is 49.6 Å². The van der Waals surface area contributed by atoms with Crippen LogP contribution >= 0.6 is 23.2 Å². The summed E-state index contributed by atoms with van der Waals surface area (Å²) in [4.78, 5) is 23.8. The van der Waals surface area contributed by atoms with Gasteiger partial charge in [0.05, 0.1) is 23.4 Å². The smallest absolute Gasteiger partial charge is 0.307 e. The third kappa shape index (κ3) is 6.20. The topological polar surface area (TPSA) is 98.8 Å². The quantitative estimate of drug-likeness (QED) is 0.470. The highest BCUT2D eigenvalue weighted by Gasteiger charge is 2.16. The molecule has 1 N–H and O–H groups in total. The lowest BCUT2D eigenvalue weighted by molar-refractivity contribution is -0.142. The van der Waals surface area contributed by atoms with E-state index in [2.05, 4.69) is 4.72 Å². The summed E-state index contributed by atoms with van der Waals surface area (Å²) in [5, 5.41) is 0.531. The van der Waals surface area contributed by atoms with E-state index in [1.807, 2.05) is 0 Å². The first-order valence-corrected chi connectivity index (χ1v) is 10.2. The fraction of sp³-hybridized carbons (Fsp3) is 0.222. The maximum Gasteiger partial charge on any atom is 0.307 e. The van der Waals surface area contributed by atoms with Crippen LogP contribution in [0.25, 0.3) is 0 Å². The molecule has 7 nitrogen and oxygen atoms in total. The Kier molecular flexibility index (Phi) is 7.82. The third-order valence-corrected chi connectivity index (χ3v) is 5.61. The van der Waals surface area contributed by atoms with Gasteiger partial charge in [-0.25, -0.2) is 13.1 Å². The molecule has 2 aromatic rings. The lowest BCUT2D eigenvalue weighted by Gasteiger charge is -2.08. The van der Waals surface area contributed by atoms with Crippen LogP contribution < -0.4 is 9.46 Å². The van der Waals surface area contributed by atoms with Crippen molar-refractivity contribution in [3.8, 4) is 5.75 Å². The van der Waals surface area contributed by atoms with Gasteiger partial charge in [-0.05, 0) is 42.5 Å². The van der Waals surface area contributed by atoms with Gasteiger partial charge in [-0.3, -0.25) is 9.59 Å². The minimum Gasteiger partial charge on any atom is -0.497 e. The first kappa shape index (κ1) is 22.2.